The standard InChI is InChI=1S/C18H20O3/c1-12-4-6-18-14(7-12)9-16(21-18)11-20-17-5-3-13(2)8-15(17)10-19/h3-8,16,19H,9-11H2,1-2H3. The van der Waals surface area contributed by atoms with E-state index in [1.54, 1.807) is 0 Å². The fourth-order valence-electron chi connectivity index (χ4n) is 2.70. The quantitative estimate of drug-likeness (QED) is 0.937. The fraction of sp³-hybridized carbons (Fsp3) is 0.333. The molecular weight excluding hydrogens is 264 g/mol. The van der Waals surface area contributed by atoms with Crippen LogP contribution in [0, 0.1) is 13.8 Å². The molecule has 1 atom stereocenters. The van der Waals surface area contributed by atoms with E-state index in [4.69, 9.17) is 9.47 Å². The highest BCUT2D eigenvalue weighted by Crippen LogP contribution is 2.30. The van der Waals surface area contributed by atoms with Crippen LogP contribution in [0.2, 0.25) is 0 Å². The number of benzene rings is 2. The van der Waals surface area contributed by atoms with Gasteiger partial charge >= 0.3 is 0 Å². The van der Waals surface area contributed by atoms with E-state index in [1.165, 1.54) is 11.1 Å². The SMILES string of the molecule is Cc1ccc(OCC2Cc3cc(C)ccc3O2)c(CO)c1. The van der Waals surface area contributed by atoms with Crippen molar-refractivity contribution in [3.05, 3.63) is 58.7 Å². The van der Waals surface area contributed by atoms with Crippen molar-refractivity contribution in [3.63, 3.8) is 0 Å². The van der Waals surface area contributed by atoms with E-state index < -0.39 is 0 Å². The Morgan fingerprint density at radius 1 is 1.14 bits per heavy atom. The molecule has 2 aromatic carbocycles. The zero-order chi connectivity index (χ0) is 14.8. The van der Waals surface area contributed by atoms with Crippen LogP contribution in [0.1, 0.15) is 22.3 Å². The van der Waals surface area contributed by atoms with Gasteiger partial charge in [-0.05, 0) is 31.5 Å². The van der Waals surface area contributed by atoms with Crippen LogP contribution in [0.5, 0.6) is 11.5 Å². The van der Waals surface area contributed by atoms with E-state index in [0.29, 0.717) is 6.61 Å². The van der Waals surface area contributed by atoms with Gasteiger partial charge in [-0.2, -0.15) is 0 Å². The maximum atomic E-state index is 9.40. The highest BCUT2D eigenvalue weighted by Gasteiger charge is 2.23. The third-order valence-corrected chi connectivity index (χ3v) is 3.77. The van der Waals surface area contributed by atoms with Crippen molar-refractivity contribution in [2.75, 3.05) is 6.61 Å². The molecule has 0 saturated heterocycles. The van der Waals surface area contributed by atoms with Gasteiger partial charge in [0.25, 0.3) is 0 Å². The second-order valence-corrected chi connectivity index (χ2v) is 5.64. The molecule has 3 nitrogen and oxygen atoms in total. The summed E-state index contributed by atoms with van der Waals surface area (Å²) >= 11 is 0. The molecule has 3 heteroatoms. The largest absolute Gasteiger partial charge is 0.489 e. The van der Waals surface area contributed by atoms with E-state index in [1.807, 2.05) is 31.2 Å². The molecule has 0 saturated carbocycles. The third kappa shape index (κ3) is 3.03. The minimum atomic E-state index is -0.0119. The molecular formula is C18H20O3. The highest BCUT2D eigenvalue weighted by molar-refractivity contribution is 5.40. The topological polar surface area (TPSA) is 38.7 Å². The molecule has 0 spiro atoms. The third-order valence-electron chi connectivity index (χ3n) is 3.77. The Labute approximate surface area is 125 Å². The molecule has 0 amide bonds. The van der Waals surface area contributed by atoms with Crippen LogP contribution in [0.25, 0.3) is 0 Å². The highest BCUT2D eigenvalue weighted by atomic mass is 16.5. The lowest BCUT2D eigenvalue weighted by Crippen LogP contribution is -2.22. The van der Waals surface area contributed by atoms with Crippen LogP contribution < -0.4 is 9.47 Å². The lowest BCUT2D eigenvalue weighted by Gasteiger charge is -2.15. The Morgan fingerprint density at radius 3 is 2.71 bits per heavy atom. The summed E-state index contributed by atoms with van der Waals surface area (Å²) in [4.78, 5) is 0. The predicted molar refractivity (Wildman–Crippen MR) is 81.9 cm³/mol. The van der Waals surface area contributed by atoms with Crippen molar-refractivity contribution in [2.24, 2.45) is 0 Å². The Hall–Kier alpha value is -2.00. The van der Waals surface area contributed by atoms with Crippen molar-refractivity contribution in [2.45, 2.75) is 33.0 Å². The molecule has 0 bridgehead atoms. The maximum Gasteiger partial charge on any atom is 0.137 e. The summed E-state index contributed by atoms with van der Waals surface area (Å²) < 4.78 is 11.7. The molecule has 0 aliphatic carbocycles. The Morgan fingerprint density at radius 2 is 1.90 bits per heavy atom. The van der Waals surface area contributed by atoms with Crippen molar-refractivity contribution in [3.8, 4) is 11.5 Å². The van der Waals surface area contributed by atoms with Gasteiger partial charge in [0, 0.05) is 12.0 Å². The molecule has 1 aliphatic heterocycles. The number of ether oxygens (including phenoxy) is 2. The van der Waals surface area contributed by atoms with Gasteiger partial charge in [-0.25, -0.2) is 0 Å². The lowest BCUT2D eigenvalue weighted by atomic mass is 10.1. The van der Waals surface area contributed by atoms with Gasteiger partial charge in [0.15, 0.2) is 0 Å². The van der Waals surface area contributed by atoms with E-state index in [2.05, 4.69) is 19.1 Å². The second-order valence-electron chi connectivity index (χ2n) is 5.64. The van der Waals surface area contributed by atoms with Gasteiger partial charge in [-0.15, -0.1) is 0 Å². The summed E-state index contributed by atoms with van der Waals surface area (Å²) in [6.45, 7) is 4.57. The van der Waals surface area contributed by atoms with Crippen molar-refractivity contribution < 1.29 is 14.6 Å². The fourth-order valence-corrected chi connectivity index (χ4v) is 2.70. The molecule has 0 aromatic heterocycles. The first kappa shape index (κ1) is 14.0. The molecule has 1 heterocycles. The number of fused-ring (bicyclic) bond motifs is 1. The summed E-state index contributed by atoms with van der Waals surface area (Å²) in [5, 5.41) is 9.40. The molecule has 1 N–H and O–H groups in total. The zero-order valence-corrected chi connectivity index (χ0v) is 12.4. The molecule has 1 unspecified atom stereocenters. The van der Waals surface area contributed by atoms with E-state index in [0.717, 1.165) is 29.0 Å². The Balaban J connectivity index is 1.65. The van der Waals surface area contributed by atoms with Crippen molar-refractivity contribution in [1.82, 2.24) is 0 Å². The number of aliphatic hydroxyl groups excluding tert-OH is 1. The molecule has 1 aliphatic rings. The lowest BCUT2D eigenvalue weighted by molar-refractivity contribution is 0.146. The minimum Gasteiger partial charge on any atom is -0.489 e. The number of hydrogen-bond donors (Lipinski definition) is 1. The summed E-state index contributed by atoms with van der Waals surface area (Å²) in [6, 6.07) is 12.1. The molecule has 3 rings (SSSR count). The van der Waals surface area contributed by atoms with Crippen molar-refractivity contribution >= 4 is 0 Å². The summed E-state index contributed by atoms with van der Waals surface area (Å²) in [6.07, 6.45) is 0.909. The van der Waals surface area contributed by atoms with Crippen LogP contribution in [-0.2, 0) is 13.0 Å². The van der Waals surface area contributed by atoms with Crippen LogP contribution in [-0.4, -0.2) is 17.8 Å². The second kappa shape index (κ2) is 5.78. The number of hydrogen-bond acceptors (Lipinski definition) is 3. The minimum absolute atomic E-state index is 0.0119. The van der Waals surface area contributed by atoms with E-state index in [-0.39, 0.29) is 12.7 Å². The van der Waals surface area contributed by atoms with E-state index >= 15 is 0 Å². The maximum absolute atomic E-state index is 9.40. The molecule has 21 heavy (non-hydrogen) atoms. The number of aliphatic hydroxyl groups is 1. The predicted octanol–water partition coefficient (Wildman–Crippen LogP) is 3.18. The average molecular weight is 284 g/mol. The molecule has 110 valence electrons. The van der Waals surface area contributed by atoms with Gasteiger partial charge in [0.2, 0.25) is 0 Å². The Kier molecular flexibility index (Phi) is 3.84. The van der Waals surface area contributed by atoms with Gasteiger partial charge in [0.05, 0.1) is 6.61 Å². The van der Waals surface area contributed by atoms with Gasteiger partial charge < -0.3 is 14.6 Å². The average Bonchev–Trinajstić information content (AvgIpc) is 2.87. The summed E-state index contributed by atoms with van der Waals surface area (Å²) in [5.74, 6) is 1.69. The van der Waals surface area contributed by atoms with Crippen molar-refractivity contribution in [1.29, 1.82) is 0 Å². The van der Waals surface area contributed by atoms with Gasteiger partial charge in [-0.1, -0.05) is 35.4 Å². The smallest absolute Gasteiger partial charge is 0.137 e. The summed E-state index contributed by atoms with van der Waals surface area (Å²) in [7, 11) is 0. The number of rotatable bonds is 4. The molecule has 2 aromatic rings. The Bertz CT molecular complexity index is 649. The summed E-state index contributed by atoms with van der Waals surface area (Å²) in [5.41, 5.74) is 4.43. The molecule has 0 fully saturated rings. The van der Waals surface area contributed by atoms with Crippen LogP contribution in [0.4, 0.5) is 0 Å². The van der Waals surface area contributed by atoms with Crippen LogP contribution in [0.15, 0.2) is 36.4 Å². The monoisotopic (exact) mass is 284 g/mol. The first-order chi connectivity index (χ1) is 10.2. The van der Waals surface area contributed by atoms with Crippen LogP contribution in [0.3, 0.4) is 0 Å². The zero-order valence-electron chi connectivity index (χ0n) is 12.4. The van der Waals surface area contributed by atoms with Crippen LogP contribution >= 0.6 is 0 Å². The normalized spacial score (nSPS) is 16.4. The van der Waals surface area contributed by atoms with Gasteiger partial charge in [-0.3, -0.25) is 0 Å². The molecule has 0 radical (unpaired) electrons. The first-order valence-electron chi connectivity index (χ1n) is 7.25. The first-order valence-corrected chi connectivity index (χ1v) is 7.25. The number of aryl methyl sites for hydroxylation is 2. The van der Waals surface area contributed by atoms with Gasteiger partial charge in [0.1, 0.15) is 24.2 Å². The van der Waals surface area contributed by atoms with E-state index in [9.17, 15) is 5.11 Å².